The summed E-state index contributed by atoms with van der Waals surface area (Å²) in [5, 5.41) is 21.1. The lowest BCUT2D eigenvalue weighted by atomic mass is 9.86. The zero-order chi connectivity index (χ0) is 16.8. The number of nitrogens with two attached hydrogens (primary N) is 1. The lowest BCUT2D eigenvalue weighted by Gasteiger charge is -2.21. The molecule has 0 radical (unpaired) electrons. The van der Waals surface area contributed by atoms with E-state index in [9.17, 15) is 5.11 Å². The van der Waals surface area contributed by atoms with Crippen LogP contribution >= 0.6 is 0 Å². The van der Waals surface area contributed by atoms with Gasteiger partial charge in [0.25, 0.3) is 0 Å². The molecule has 4 N–H and O–H groups in total. The fourth-order valence-electron chi connectivity index (χ4n) is 2.25. The van der Waals surface area contributed by atoms with Crippen molar-refractivity contribution in [2.75, 3.05) is 19.8 Å². The van der Waals surface area contributed by atoms with Crippen LogP contribution in [0.5, 0.6) is 5.75 Å². The van der Waals surface area contributed by atoms with Gasteiger partial charge in [-0.25, -0.2) is 0 Å². The summed E-state index contributed by atoms with van der Waals surface area (Å²) >= 11 is 0. The Balaban J connectivity index is 2.51. The molecule has 0 heterocycles. The molecular weight excluding hydrogens is 278 g/mol. The highest BCUT2D eigenvalue weighted by atomic mass is 16.5. The quantitative estimate of drug-likeness (QED) is 0.679. The van der Waals surface area contributed by atoms with Crippen molar-refractivity contribution in [1.82, 2.24) is 0 Å². The normalized spacial score (nSPS) is 14.7. The molecule has 0 spiro atoms. The van der Waals surface area contributed by atoms with Gasteiger partial charge in [-0.1, -0.05) is 39.8 Å². The highest BCUT2D eigenvalue weighted by molar-refractivity contribution is 5.38. The van der Waals surface area contributed by atoms with Crippen molar-refractivity contribution in [2.45, 2.75) is 58.6 Å². The molecule has 0 fully saturated rings. The van der Waals surface area contributed by atoms with Gasteiger partial charge in [0, 0.05) is 0 Å². The molecule has 0 aliphatic rings. The lowest BCUT2D eigenvalue weighted by molar-refractivity contribution is -0.696. The molecule has 4 heteroatoms. The first-order valence-electron chi connectivity index (χ1n) is 8.14. The van der Waals surface area contributed by atoms with E-state index in [4.69, 9.17) is 9.84 Å². The van der Waals surface area contributed by atoms with E-state index < -0.39 is 6.10 Å². The summed E-state index contributed by atoms with van der Waals surface area (Å²) in [7, 11) is 0. The van der Waals surface area contributed by atoms with Crippen molar-refractivity contribution in [1.29, 1.82) is 0 Å². The van der Waals surface area contributed by atoms with Crippen molar-refractivity contribution >= 4 is 0 Å². The molecule has 0 aliphatic heterocycles. The molecule has 126 valence electrons. The maximum Gasteiger partial charge on any atom is 0.137 e. The van der Waals surface area contributed by atoms with Crippen LogP contribution in [0, 0.1) is 6.92 Å². The summed E-state index contributed by atoms with van der Waals surface area (Å²) in [4.78, 5) is 0. The van der Waals surface area contributed by atoms with Crippen LogP contribution < -0.4 is 10.1 Å². The molecule has 0 aromatic heterocycles. The predicted octanol–water partition coefficient (Wildman–Crippen LogP) is 1.37. The Morgan fingerprint density at radius 1 is 1.27 bits per heavy atom. The largest absolute Gasteiger partial charge is 0.490 e. The second-order valence-electron chi connectivity index (χ2n) is 7.02. The summed E-state index contributed by atoms with van der Waals surface area (Å²) in [5.41, 5.74) is 2.49. The summed E-state index contributed by atoms with van der Waals surface area (Å²) < 4.78 is 5.73. The van der Waals surface area contributed by atoms with Crippen LogP contribution in [0.25, 0.3) is 0 Å². The molecule has 0 unspecified atom stereocenters. The number of quaternary nitrogens is 1. The molecule has 1 aromatic carbocycles. The molecule has 2 atom stereocenters. The molecule has 0 bridgehead atoms. The second-order valence-corrected chi connectivity index (χ2v) is 7.02. The molecule has 1 aromatic rings. The van der Waals surface area contributed by atoms with E-state index in [-0.39, 0.29) is 24.7 Å². The van der Waals surface area contributed by atoms with Crippen molar-refractivity contribution in [3.05, 3.63) is 29.3 Å². The monoisotopic (exact) mass is 310 g/mol. The lowest BCUT2D eigenvalue weighted by Crippen LogP contribution is -2.92. The third-order valence-electron chi connectivity index (χ3n) is 3.97. The number of aliphatic hydroxyl groups is 2. The van der Waals surface area contributed by atoms with Crippen LogP contribution in [-0.2, 0) is 5.41 Å². The number of aliphatic hydroxyl groups excluding tert-OH is 2. The van der Waals surface area contributed by atoms with Gasteiger partial charge in [0.1, 0.15) is 31.0 Å². The zero-order valence-corrected chi connectivity index (χ0v) is 14.6. The standard InChI is InChI=1S/C18H31NO3/c1-6-15(11-20)19-10-16(21)12-22-17-8-7-14(9-13(17)2)18(3,4)5/h7-9,15-16,19-21H,6,10-12H2,1-5H3/p+1/t15-,16+/m1/s1. The minimum absolute atomic E-state index is 0.122. The third-order valence-corrected chi connectivity index (χ3v) is 3.97. The molecule has 22 heavy (non-hydrogen) atoms. The second kappa shape index (κ2) is 8.51. The molecular formula is C18H32NO3+. The molecule has 0 saturated carbocycles. The Bertz CT molecular complexity index is 450. The Kier molecular flexibility index (Phi) is 7.33. The maximum atomic E-state index is 9.99. The minimum Gasteiger partial charge on any atom is -0.490 e. The van der Waals surface area contributed by atoms with Gasteiger partial charge in [-0.3, -0.25) is 0 Å². The third kappa shape index (κ3) is 5.95. The minimum atomic E-state index is -0.540. The molecule has 0 aliphatic carbocycles. The van der Waals surface area contributed by atoms with E-state index in [1.807, 2.05) is 25.2 Å². The van der Waals surface area contributed by atoms with Gasteiger partial charge in [-0.15, -0.1) is 0 Å². The van der Waals surface area contributed by atoms with Crippen molar-refractivity contribution in [3.8, 4) is 5.75 Å². The highest BCUT2D eigenvalue weighted by Crippen LogP contribution is 2.27. The Labute approximate surface area is 134 Å². The summed E-state index contributed by atoms with van der Waals surface area (Å²) in [5.74, 6) is 0.821. The zero-order valence-electron chi connectivity index (χ0n) is 14.6. The molecule has 1 rings (SSSR count). The highest BCUT2D eigenvalue weighted by Gasteiger charge is 2.16. The van der Waals surface area contributed by atoms with Crippen molar-refractivity contribution in [2.24, 2.45) is 0 Å². The van der Waals surface area contributed by atoms with Gasteiger partial charge in [0.2, 0.25) is 0 Å². The summed E-state index contributed by atoms with van der Waals surface area (Å²) in [6, 6.07) is 6.36. The summed E-state index contributed by atoms with van der Waals surface area (Å²) in [6.07, 6.45) is 0.347. The first kappa shape index (κ1) is 18.9. The van der Waals surface area contributed by atoms with E-state index in [2.05, 4.69) is 32.9 Å². The number of ether oxygens (including phenoxy) is 1. The van der Waals surface area contributed by atoms with E-state index in [1.54, 1.807) is 0 Å². The van der Waals surface area contributed by atoms with Crippen LogP contribution in [0.1, 0.15) is 45.2 Å². The number of hydrogen-bond donors (Lipinski definition) is 3. The van der Waals surface area contributed by atoms with E-state index in [0.717, 1.165) is 17.7 Å². The van der Waals surface area contributed by atoms with Gasteiger partial charge < -0.3 is 20.3 Å². The first-order valence-corrected chi connectivity index (χ1v) is 8.14. The Morgan fingerprint density at radius 2 is 1.95 bits per heavy atom. The number of rotatable bonds is 8. The van der Waals surface area contributed by atoms with E-state index >= 15 is 0 Å². The van der Waals surface area contributed by atoms with E-state index in [0.29, 0.717) is 6.54 Å². The van der Waals surface area contributed by atoms with Gasteiger partial charge in [0.15, 0.2) is 0 Å². The van der Waals surface area contributed by atoms with Crippen molar-refractivity contribution in [3.63, 3.8) is 0 Å². The van der Waals surface area contributed by atoms with Gasteiger partial charge in [-0.2, -0.15) is 0 Å². The number of hydrogen-bond acceptors (Lipinski definition) is 3. The molecule has 4 nitrogen and oxygen atoms in total. The van der Waals surface area contributed by atoms with Crippen LogP contribution in [0.4, 0.5) is 0 Å². The topological polar surface area (TPSA) is 66.3 Å². The SMILES string of the molecule is CC[C@H](CO)[NH2+]C[C@H](O)COc1ccc(C(C)(C)C)cc1C. The van der Waals surface area contributed by atoms with E-state index in [1.165, 1.54) is 5.56 Å². The fourth-order valence-corrected chi connectivity index (χ4v) is 2.25. The van der Waals surface area contributed by atoms with Gasteiger partial charge in [0.05, 0.1) is 6.61 Å². The number of aryl methyl sites for hydroxylation is 1. The maximum absolute atomic E-state index is 9.99. The van der Waals surface area contributed by atoms with Crippen molar-refractivity contribution < 1.29 is 20.3 Å². The molecule has 0 saturated heterocycles. The van der Waals surface area contributed by atoms with Crippen LogP contribution in [-0.4, -0.2) is 42.1 Å². The van der Waals surface area contributed by atoms with Crippen LogP contribution in [0.2, 0.25) is 0 Å². The predicted molar refractivity (Wildman–Crippen MR) is 89.3 cm³/mol. The van der Waals surface area contributed by atoms with Gasteiger partial charge >= 0.3 is 0 Å². The Morgan fingerprint density at radius 3 is 2.45 bits per heavy atom. The number of benzene rings is 1. The average molecular weight is 310 g/mol. The molecule has 0 amide bonds. The average Bonchev–Trinajstić information content (AvgIpc) is 2.46. The van der Waals surface area contributed by atoms with Crippen LogP contribution in [0.3, 0.4) is 0 Å². The van der Waals surface area contributed by atoms with Gasteiger partial charge in [-0.05, 0) is 36.0 Å². The summed E-state index contributed by atoms with van der Waals surface area (Å²) in [6.45, 7) is 11.6. The first-order chi connectivity index (χ1) is 10.3. The Hall–Kier alpha value is -1.10. The smallest absolute Gasteiger partial charge is 0.137 e. The fraction of sp³-hybridized carbons (Fsp3) is 0.667. The van der Waals surface area contributed by atoms with Crippen LogP contribution in [0.15, 0.2) is 18.2 Å².